The van der Waals surface area contributed by atoms with Crippen LogP contribution in [0.3, 0.4) is 0 Å². The fraction of sp³-hybridized carbons (Fsp3) is 0.692. The molecule has 3 rings (SSSR count). The third-order valence-electron chi connectivity index (χ3n) is 4.01. The van der Waals surface area contributed by atoms with Gasteiger partial charge in [0.05, 0.1) is 7.11 Å². The van der Waals surface area contributed by atoms with Crippen LogP contribution in [0.5, 0.6) is 0 Å². The number of methoxy groups -OCH3 is 1. The van der Waals surface area contributed by atoms with E-state index in [0.29, 0.717) is 11.9 Å². The molecule has 2 fully saturated rings. The van der Waals surface area contributed by atoms with Gasteiger partial charge < -0.3 is 15.0 Å². The van der Waals surface area contributed by atoms with E-state index in [1.54, 1.807) is 0 Å². The molecule has 2 saturated carbocycles. The Morgan fingerprint density at radius 3 is 2.39 bits per heavy atom. The van der Waals surface area contributed by atoms with Gasteiger partial charge in [-0.25, -0.2) is 9.78 Å². The van der Waals surface area contributed by atoms with Crippen LogP contribution >= 0.6 is 0 Å². The zero-order chi connectivity index (χ0) is 12.9. The number of nitrogens with two attached hydrogens (primary N) is 1. The summed E-state index contributed by atoms with van der Waals surface area (Å²) in [5.41, 5.74) is 6.38. The zero-order valence-electron chi connectivity index (χ0n) is 10.8. The first-order valence-corrected chi connectivity index (χ1v) is 6.56. The minimum atomic E-state index is -0.445. The van der Waals surface area contributed by atoms with Crippen molar-refractivity contribution in [2.45, 2.75) is 38.6 Å². The fourth-order valence-corrected chi connectivity index (χ4v) is 2.87. The van der Waals surface area contributed by atoms with Crippen LogP contribution in [0.15, 0.2) is 0 Å². The van der Waals surface area contributed by atoms with Crippen LogP contribution in [0.1, 0.15) is 48.0 Å². The summed E-state index contributed by atoms with van der Waals surface area (Å²) < 4.78 is 6.79. The summed E-state index contributed by atoms with van der Waals surface area (Å²) in [7, 11) is 1.36. The average Bonchev–Trinajstić information content (AvgIpc) is 3.24. The van der Waals surface area contributed by atoms with Crippen molar-refractivity contribution in [3.05, 3.63) is 11.5 Å². The maximum absolute atomic E-state index is 11.6. The van der Waals surface area contributed by atoms with Gasteiger partial charge >= 0.3 is 5.97 Å². The molecule has 0 radical (unpaired) electrons. The van der Waals surface area contributed by atoms with Crippen LogP contribution in [-0.2, 0) is 4.74 Å². The number of aromatic nitrogens is 2. The lowest BCUT2D eigenvalue weighted by atomic mass is 10.1. The van der Waals surface area contributed by atoms with Crippen LogP contribution in [-0.4, -0.2) is 22.6 Å². The number of rotatable bonds is 4. The number of carbonyl (C=O) groups is 1. The second-order valence-electron chi connectivity index (χ2n) is 5.42. The Bertz CT molecular complexity index is 475. The minimum Gasteiger partial charge on any atom is -0.464 e. The maximum Gasteiger partial charge on any atom is 0.360 e. The topological polar surface area (TPSA) is 70.1 Å². The molecule has 2 aliphatic rings. The van der Waals surface area contributed by atoms with E-state index in [2.05, 4.69) is 9.55 Å². The summed E-state index contributed by atoms with van der Waals surface area (Å²) >= 11 is 0. The lowest BCUT2D eigenvalue weighted by Crippen LogP contribution is -2.18. The Morgan fingerprint density at radius 2 is 1.94 bits per heavy atom. The third kappa shape index (κ3) is 1.78. The second-order valence-corrected chi connectivity index (χ2v) is 5.42. The number of nitrogen functional groups attached to an aromatic ring is 1. The fourth-order valence-electron chi connectivity index (χ4n) is 2.87. The molecule has 1 heterocycles. The number of esters is 1. The van der Waals surface area contributed by atoms with Crippen molar-refractivity contribution in [1.29, 1.82) is 0 Å². The molecule has 0 spiro atoms. The number of hydrogen-bond donors (Lipinski definition) is 1. The van der Waals surface area contributed by atoms with E-state index in [1.807, 2.05) is 6.92 Å². The van der Waals surface area contributed by atoms with Gasteiger partial charge in [0.2, 0.25) is 0 Å². The lowest BCUT2D eigenvalue weighted by Gasteiger charge is -2.20. The molecule has 0 unspecified atom stereocenters. The van der Waals surface area contributed by atoms with Gasteiger partial charge in [0.15, 0.2) is 5.69 Å². The van der Waals surface area contributed by atoms with Gasteiger partial charge in [-0.05, 0) is 44.4 Å². The average molecular weight is 249 g/mol. The van der Waals surface area contributed by atoms with E-state index in [9.17, 15) is 4.79 Å². The molecular weight excluding hydrogens is 230 g/mol. The molecule has 0 amide bonds. The van der Waals surface area contributed by atoms with Crippen LogP contribution in [0.4, 0.5) is 5.82 Å². The predicted molar refractivity (Wildman–Crippen MR) is 67.2 cm³/mol. The number of anilines is 1. The van der Waals surface area contributed by atoms with Gasteiger partial charge in [0.25, 0.3) is 0 Å². The molecular formula is C13H19N3O2. The van der Waals surface area contributed by atoms with E-state index in [4.69, 9.17) is 10.5 Å². The maximum atomic E-state index is 11.6. The molecule has 1 aromatic heterocycles. The molecule has 98 valence electrons. The van der Waals surface area contributed by atoms with E-state index in [-0.39, 0.29) is 5.69 Å². The molecule has 0 aromatic carbocycles. The molecule has 2 aliphatic carbocycles. The molecule has 0 bridgehead atoms. The highest BCUT2D eigenvalue weighted by atomic mass is 16.5. The molecule has 0 saturated heterocycles. The van der Waals surface area contributed by atoms with Gasteiger partial charge in [0.1, 0.15) is 11.6 Å². The van der Waals surface area contributed by atoms with Gasteiger partial charge in [-0.1, -0.05) is 0 Å². The molecule has 1 aromatic rings. The molecule has 0 aliphatic heterocycles. The van der Waals surface area contributed by atoms with Crippen molar-refractivity contribution in [1.82, 2.24) is 9.55 Å². The smallest absolute Gasteiger partial charge is 0.360 e. The standard InChI is InChI=1S/C13H19N3O2/c1-7-15-10(13(17)18-2)12(14)16(7)11(8-3-4-8)9-5-6-9/h8-9,11H,3-6,14H2,1-2H3. The quantitative estimate of drug-likeness (QED) is 0.828. The summed E-state index contributed by atoms with van der Waals surface area (Å²) in [6, 6.07) is 0.441. The Morgan fingerprint density at radius 1 is 1.39 bits per heavy atom. The van der Waals surface area contributed by atoms with Crippen LogP contribution < -0.4 is 5.73 Å². The Balaban J connectivity index is 1.99. The number of hydrogen-bond acceptors (Lipinski definition) is 4. The SMILES string of the molecule is COC(=O)c1nc(C)n(C(C2CC2)C2CC2)c1N. The Hall–Kier alpha value is -1.52. The highest BCUT2D eigenvalue weighted by Gasteiger charge is 2.44. The summed E-state index contributed by atoms with van der Waals surface area (Å²) in [6.45, 7) is 1.92. The van der Waals surface area contributed by atoms with Crippen molar-refractivity contribution < 1.29 is 9.53 Å². The van der Waals surface area contributed by atoms with Crippen molar-refractivity contribution in [2.24, 2.45) is 11.8 Å². The first-order chi connectivity index (χ1) is 8.63. The lowest BCUT2D eigenvalue weighted by molar-refractivity contribution is 0.0595. The molecule has 18 heavy (non-hydrogen) atoms. The van der Waals surface area contributed by atoms with Crippen LogP contribution in [0.2, 0.25) is 0 Å². The highest BCUT2D eigenvalue weighted by Crippen LogP contribution is 2.53. The van der Waals surface area contributed by atoms with Crippen molar-refractivity contribution in [3.63, 3.8) is 0 Å². The number of imidazole rings is 1. The van der Waals surface area contributed by atoms with Crippen LogP contribution in [0, 0.1) is 18.8 Å². The monoisotopic (exact) mass is 249 g/mol. The first kappa shape index (κ1) is 11.6. The molecule has 0 atom stereocenters. The van der Waals surface area contributed by atoms with E-state index in [1.165, 1.54) is 32.8 Å². The first-order valence-electron chi connectivity index (χ1n) is 6.56. The number of carbonyl (C=O) groups excluding carboxylic acids is 1. The van der Waals surface area contributed by atoms with E-state index >= 15 is 0 Å². The highest BCUT2D eigenvalue weighted by molar-refractivity contribution is 5.92. The van der Waals surface area contributed by atoms with Crippen molar-refractivity contribution >= 4 is 11.8 Å². The third-order valence-corrected chi connectivity index (χ3v) is 4.01. The van der Waals surface area contributed by atoms with Gasteiger partial charge in [-0.2, -0.15) is 0 Å². The Labute approximate surface area is 106 Å². The summed E-state index contributed by atoms with van der Waals surface area (Å²) in [5, 5.41) is 0. The van der Waals surface area contributed by atoms with E-state index in [0.717, 1.165) is 17.7 Å². The second kappa shape index (κ2) is 4.00. The summed E-state index contributed by atoms with van der Waals surface area (Å²) in [4.78, 5) is 15.9. The van der Waals surface area contributed by atoms with E-state index < -0.39 is 5.97 Å². The van der Waals surface area contributed by atoms with Crippen LogP contribution in [0.25, 0.3) is 0 Å². The molecule has 5 nitrogen and oxygen atoms in total. The minimum absolute atomic E-state index is 0.265. The number of ether oxygens (including phenoxy) is 1. The zero-order valence-corrected chi connectivity index (χ0v) is 10.8. The molecule has 2 N–H and O–H groups in total. The van der Waals surface area contributed by atoms with Gasteiger partial charge in [0, 0.05) is 6.04 Å². The summed E-state index contributed by atoms with van der Waals surface area (Å²) in [5.74, 6) is 2.30. The predicted octanol–water partition coefficient (Wildman–Crippen LogP) is 1.92. The number of nitrogens with zero attached hydrogens (tertiary/aromatic N) is 2. The van der Waals surface area contributed by atoms with Crippen molar-refractivity contribution in [2.75, 3.05) is 12.8 Å². The normalized spacial score (nSPS) is 19.3. The summed E-state index contributed by atoms with van der Waals surface area (Å²) in [6.07, 6.45) is 5.08. The number of aryl methyl sites for hydroxylation is 1. The Kier molecular flexibility index (Phi) is 2.57. The molecule has 5 heteroatoms. The van der Waals surface area contributed by atoms with Gasteiger partial charge in [-0.3, -0.25) is 0 Å². The van der Waals surface area contributed by atoms with Crippen molar-refractivity contribution in [3.8, 4) is 0 Å². The largest absolute Gasteiger partial charge is 0.464 e. The van der Waals surface area contributed by atoms with Gasteiger partial charge in [-0.15, -0.1) is 0 Å².